The highest BCUT2D eigenvalue weighted by molar-refractivity contribution is 7.92. The molecule has 2 aliphatic rings. The van der Waals surface area contributed by atoms with Crippen molar-refractivity contribution in [2.24, 2.45) is 5.92 Å². The molecule has 0 amide bonds. The van der Waals surface area contributed by atoms with Crippen LogP contribution in [-0.4, -0.2) is 33.7 Å². The molecule has 0 spiro atoms. The van der Waals surface area contributed by atoms with Gasteiger partial charge in [-0.25, -0.2) is 13.2 Å². The Bertz CT molecular complexity index is 1450. The van der Waals surface area contributed by atoms with Gasteiger partial charge in [-0.1, -0.05) is 24.3 Å². The summed E-state index contributed by atoms with van der Waals surface area (Å²) in [7, 11) is -0.640. The van der Waals surface area contributed by atoms with Crippen LogP contribution in [-0.2, 0) is 10.0 Å². The first kappa shape index (κ1) is 23.7. The van der Waals surface area contributed by atoms with Gasteiger partial charge in [0.05, 0.1) is 30.7 Å². The number of anilines is 2. The SMILES string of the molecule is COc1cccc([C@H]2Nc3ccc(S(=O)(=O)Nc4ccc(C(=O)O)cc4)cc3[C@H]3C=CC[C@H]32)c1OC. The summed E-state index contributed by atoms with van der Waals surface area (Å²) >= 11 is 0. The number of fused-ring (bicyclic) bond motifs is 3. The van der Waals surface area contributed by atoms with Crippen molar-refractivity contribution in [3.63, 3.8) is 0 Å². The smallest absolute Gasteiger partial charge is 0.335 e. The van der Waals surface area contributed by atoms with Crippen molar-refractivity contribution in [2.45, 2.75) is 23.3 Å². The van der Waals surface area contributed by atoms with Gasteiger partial charge >= 0.3 is 5.97 Å². The van der Waals surface area contributed by atoms with E-state index in [2.05, 4.69) is 22.2 Å². The van der Waals surface area contributed by atoms with E-state index in [-0.39, 0.29) is 28.3 Å². The van der Waals surface area contributed by atoms with Gasteiger partial charge in [-0.15, -0.1) is 0 Å². The highest BCUT2D eigenvalue weighted by Gasteiger charge is 2.40. The minimum Gasteiger partial charge on any atom is -0.493 e. The number of para-hydroxylation sites is 1. The Morgan fingerprint density at radius 1 is 1.03 bits per heavy atom. The number of hydrogen-bond acceptors (Lipinski definition) is 6. The first-order valence-electron chi connectivity index (χ1n) is 11.5. The quantitative estimate of drug-likeness (QED) is 0.385. The van der Waals surface area contributed by atoms with Gasteiger partial charge in [0.1, 0.15) is 0 Å². The molecule has 0 bridgehead atoms. The molecule has 0 radical (unpaired) electrons. The maximum atomic E-state index is 13.1. The first-order chi connectivity index (χ1) is 17.3. The van der Waals surface area contributed by atoms with Crippen LogP contribution in [0, 0.1) is 5.92 Å². The van der Waals surface area contributed by atoms with Crippen LogP contribution in [0.5, 0.6) is 11.5 Å². The largest absolute Gasteiger partial charge is 0.493 e. The van der Waals surface area contributed by atoms with Crippen LogP contribution >= 0.6 is 0 Å². The van der Waals surface area contributed by atoms with Crippen LogP contribution in [0.25, 0.3) is 0 Å². The zero-order valence-electron chi connectivity index (χ0n) is 19.8. The third kappa shape index (κ3) is 4.15. The summed E-state index contributed by atoms with van der Waals surface area (Å²) < 4.78 is 40.0. The number of benzene rings is 3. The van der Waals surface area contributed by atoms with E-state index in [9.17, 15) is 13.2 Å². The molecule has 36 heavy (non-hydrogen) atoms. The summed E-state index contributed by atoms with van der Waals surface area (Å²) in [5.74, 6) is 0.480. The van der Waals surface area contributed by atoms with E-state index in [0.717, 1.165) is 23.2 Å². The molecule has 9 heteroatoms. The Morgan fingerprint density at radius 2 is 1.81 bits per heavy atom. The molecule has 3 aromatic carbocycles. The second-order valence-electron chi connectivity index (χ2n) is 8.80. The molecule has 0 saturated heterocycles. The Hall–Kier alpha value is -3.98. The third-order valence-electron chi connectivity index (χ3n) is 6.80. The van der Waals surface area contributed by atoms with Gasteiger partial charge in [0.2, 0.25) is 0 Å². The summed E-state index contributed by atoms with van der Waals surface area (Å²) in [6.07, 6.45) is 5.11. The zero-order chi connectivity index (χ0) is 25.4. The number of carbonyl (C=O) groups is 1. The van der Waals surface area contributed by atoms with Gasteiger partial charge < -0.3 is 19.9 Å². The molecule has 3 aromatic rings. The predicted molar refractivity (Wildman–Crippen MR) is 137 cm³/mol. The number of carboxylic acids is 1. The van der Waals surface area contributed by atoms with Crippen molar-refractivity contribution in [2.75, 3.05) is 24.3 Å². The van der Waals surface area contributed by atoms with Gasteiger partial charge in [0.25, 0.3) is 10.0 Å². The highest BCUT2D eigenvalue weighted by Crippen LogP contribution is 2.52. The number of nitrogens with one attached hydrogen (secondary N) is 2. The fourth-order valence-electron chi connectivity index (χ4n) is 5.10. The lowest BCUT2D eigenvalue weighted by Crippen LogP contribution is -2.29. The number of carboxylic acid groups (broad SMARTS) is 1. The van der Waals surface area contributed by atoms with Crippen molar-refractivity contribution < 1.29 is 27.8 Å². The summed E-state index contributed by atoms with van der Waals surface area (Å²) in [5.41, 5.74) is 3.14. The molecule has 0 saturated carbocycles. The number of ether oxygens (including phenoxy) is 2. The van der Waals surface area contributed by atoms with Crippen LogP contribution in [0.3, 0.4) is 0 Å². The van der Waals surface area contributed by atoms with Crippen molar-refractivity contribution in [1.82, 2.24) is 0 Å². The zero-order valence-corrected chi connectivity index (χ0v) is 20.6. The monoisotopic (exact) mass is 506 g/mol. The second kappa shape index (κ2) is 9.23. The molecular weight excluding hydrogens is 480 g/mol. The summed E-state index contributed by atoms with van der Waals surface area (Å²) in [6.45, 7) is 0. The molecule has 0 fully saturated rings. The number of sulfonamides is 1. The van der Waals surface area contributed by atoms with E-state index in [1.54, 1.807) is 32.4 Å². The molecule has 3 atom stereocenters. The lowest BCUT2D eigenvalue weighted by Gasteiger charge is -2.38. The Morgan fingerprint density at radius 3 is 2.50 bits per heavy atom. The molecular formula is C27H26N2O6S. The minimum atomic E-state index is -3.88. The first-order valence-corrected chi connectivity index (χ1v) is 12.9. The van der Waals surface area contributed by atoms with Crippen molar-refractivity contribution in [3.8, 4) is 11.5 Å². The van der Waals surface area contributed by atoms with Crippen molar-refractivity contribution in [3.05, 3.63) is 89.5 Å². The Labute approximate surface area is 209 Å². The molecule has 3 N–H and O–H groups in total. The van der Waals surface area contributed by atoms with Gasteiger partial charge in [0.15, 0.2) is 11.5 Å². The number of rotatable bonds is 7. The number of methoxy groups -OCH3 is 2. The van der Waals surface area contributed by atoms with Gasteiger partial charge in [0, 0.05) is 22.9 Å². The fourth-order valence-corrected chi connectivity index (χ4v) is 6.19. The van der Waals surface area contributed by atoms with E-state index >= 15 is 0 Å². The molecule has 0 unspecified atom stereocenters. The predicted octanol–water partition coefficient (Wildman–Crippen LogP) is 5.03. The maximum Gasteiger partial charge on any atom is 0.335 e. The molecule has 8 nitrogen and oxygen atoms in total. The van der Waals surface area contributed by atoms with E-state index in [1.807, 2.05) is 18.2 Å². The normalized spacial score (nSPS) is 20.1. The minimum absolute atomic E-state index is 0.0344. The Balaban J connectivity index is 1.47. The molecule has 1 aliphatic carbocycles. The molecule has 186 valence electrons. The molecule has 1 heterocycles. The fraction of sp³-hybridized carbons (Fsp3) is 0.222. The second-order valence-corrected chi connectivity index (χ2v) is 10.5. The van der Waals surface area contributed by atoms with E-state index in [0.29, 0.717) is 17.2 Å². The Kier molecular flexibility index (Phi) is 6.09. The van der Waals surface area contributed by atoms with Crippen molar-refractivity contribution >= 4 is 27.4 Å². The van der Waals surface area contributed by atoms with E-state index in [1.165, 1.54) is 24.3 Å². The number of allylic oxidation sites excluding steroid dienone is 2. The van der Waals surface area contributed by atoms with Crippen LogP contribution < -0.4 is 19.5 Å². The average Bonchev–Trinajstić information content (AvgIpc) is 3.38. The number of hydrogen-bond donors (Lipinski definition) is 3. The topological polar surface area (TPSA) is 114 Å². The lowest BCUT2D eigenvalue weighted by molar-refractivity contribution is 0.0697. The van der Waals surface area contributed by atoms with Crippen LogP contribution in [0.4, 0.5) is 11.4 Å². The van der Waals surface area contributed by atoms with E-state index in [4.69, 9.17) is 14.6 Å². The summed E-state index contributed by atoms with van der Waals surface area (Å²) in [5, 5.41) is 12.7. The molecule has 5 rings (SSSR count). The average molecular weight is 507 g/mol. The van der Waals surface area contributed by atoms with Crippen LogP contribution in [0.15, 0.2) is 77.7 Å². The standard InChI is InChI=1S/C27H26N2O6S/c1-34-24-8-4-7-21(26(24)35-2)25-20-6-3-5-19(20)22-15-18(13-14-23(22)28-25)36(32,33)29-17-11-9-16(10-12-17)27(30)31/h3-5,7-15,19-20,25,28-29H,6H2,1-2H3,(H,30,31)/t19-,20+,25-/m0/s1. The summed E-state index contributed by atoms with van der Waals surface area (Å²) in [4.78, 5) is 11.2. The molecule has 1 aliphatic heterocycles. The molecule has 0 aromatic heterocycles. The highest BCUT2D eigenvalue weighted by atomic mass is 32.2. The lowest BCUT2D eigenvalue weighted by atomic mass is 9.77. The van der Waals surface area contributed by atoms with Crippen molar-refractivity contribution in [1.29, 1.82) is 0 Å². The third-order valence-corrected chi connectivity index (χ3v) is 8.18. The van der Waals surface area contributed by atoms with Crippen LogP contribution in [0.2, 0.25) is 0 Å². The number of aromatic carboxylic acids is 1. The van der Waals surface area contributed by atoms with Gasteiger partial charge in [-0.05, 0) is 66.4 Å². The van der Waals surface area contributed by atoms with Gasteiger partial charge in [-0.2, -0.15) is 0 Å². The maximum absolute atomic E-state index is 13.1. The summed E-state index contributed by atoms with van der Waals surface area (Å²) in [6, 6.07) is 16.4. The van der Waals surface area contributed by atoms with Gasteiger partial charge in [-0.3, -0.25) is 4.72 Å². The van der Waals surface area contributed by atoms with Crippen LogP contribution in [0.1, 0.15) is 39.9 Å². The van der Waals surface area contributed by atoms with E-state index < -0.39 is 16.0 Å².